The Morgan fingerprint density at radius 1 is 1.36 bits per heavy atom. The number of aryl methyl sites for hydroxylation is 1. The Hall–Kier alpha value is -0.430. The molecule has 0 atom stereocenters. The monoisotopic (exact) mass is 180 g/mol. The average Bonchev–Trinajstić information content (AvgIpc) is 2.27. The van der Waals surface area contributed by atoms with Gasteiger partial charge < -0.3 is 0 Å². The third-order valence-electron chi connectivity index (χ3n) is 1.52. The number of rotatable bonds is 0. The summed E-state index contributed by atoms with van der Waals surface area (Å²) >= 11 is 3.66. The first-order chi connectivity index (χ1) is 5.25. The van der Waals surface area contributed by atoms with Gasteiger partial charge in [-0.2, -0.15) is 0 Å². The van der Waals surface area contributed by atoms with Crippen LogP contribution in [-0.4, -0.2) is 0 Å². The maximum absolute atomic E-state index is 3.22. The summed E-state index contributed by atoms with van der Waals surface area (Å²) in [5.74, 6) is 0. The van der Waals surface area contributed by atoms with Gasteiger partial charge in [-0.15, -0.1) is 17.1 Å². The molecule has 1 aliphatic heterocycles. The molecule has 0 N–H and O–H groups in total. The zero-order chi connectivity index (χ0) is 7.84. The first-order valence-electron chi connectivity index (χ1n) is 3.47. The Morgan fingerprint density at radius 3 is 3.00 bits per heavy atom. The maximum atomic E-state index is 3.22. The van der Waals surface area contributed by atoms with E-state index in [1.807, 2.05) is 23.1 Å². The molecule has 0 saturated carbocycles. The van der Waals surface area contributed by atoms with Crippen molar-refractivity contribution in [2.24, 2.45) is 0 Å². The van der Waals surface area contributed by atoms with Crippen LogP contribution in [0.5, 0.6) is 0 Å². The highest BCUT2D eigenvalue weighted by molar-refractivity contribution is 8.03. The molecule has 0 saturated heterocycles. The van der Waals surface area contributed by atoms with Gasteiger partial charge in [-0.25, -0.2) is 0 Å². The molecule has 0 aromatic carbocycles. The van der Waals surface area contributed by atoms with E-state index in [0.717, 1.165) is 0 Å². The molecule has 11 heavy (non-hydrogen) atoms. The predicted molar refractivity (Wildman–Crippen MR) is 52.1 cm³/mol. The number of thiophene rings is 1. The van der Waals surface area contributed by atoms with Crippen LogP contribution in [0.15, 0.2) is 21.6 Å². The maximum Gasteiger partial charge on any atom is 0.0490 e. The van der Waals surface area contributed by atoms with E-state index >= 15 is 0 Å². The number of allylic oxidation sites excluding steroid dienone is 1. The number of thioether (sulfide) groups is 1. The van der Waals surface area contributed by atoms with Gasteiger partial charge in [0.25, 0.3) is 0 Å². The van der Waals surface area contributed by atoms with Crippen LogP contribution in [-0.2, 0) is 0 Å². The molecule has 0 aliphatic carbocycles. The Bertz CT molecular complexity index is 352. The molecule has 0 radical (unpaired) electrons. The normalized spacial score (nSPS) is 14.5. The van der Waals surface area contributed by atoms with Crippen molar-refractivity contribution < 1.29 is 0 Å². The van der Waals surface area contributed by atoms with Crippen molar-refractivity contribution in [2.45, 2.75) is 18.7 Å². The van der Waals surface area contributed by atoms with E-state index in [-0.39, 0.29) is 0 Å². The van der Waals surface area contributed by atoms with Crippen LogP contribution in [0.2, 0.25) is 0 Å². The van der Waals surface area contributed by atoms with E-state index in [9.17, 15) is 0 Å². The summed E-state index contributed by atoms with van der Waals surface area (Å²) in [7, 11) is 0. The molecule has 0 fully saturated rings. The zero-order valence-corrected chi connectivity index (χ0v) is 8.10. The third kappa shape index (κ3) is 1.30. The zero-order valence-electron chi connectivity index (χ0n) is 6.47. The van der Waals surface area contributed by atoms with Crippen LogP contribution >= 0.6 is 23.1 Å². The lowest BCUT2D eigenvalue weighted by Crippen LogP contribution is -1.73. The highest BCUT2D eigenvalue weighted by atomic mass is 32.2. The molecule has 0 unspecified atom stereocenters. The summed E-state index contributed by atoms with van der Waals surface area (Å²) in [4.78, 5) is 5.40. The van der Waals surface area contributed by atoms with E-state index in [4.69, 9.17) is 0 Å². The summed E-state index contributed by atoms with van der Waals surface area (Å²) in [6.07, 6.45) is 2.08. The van der Waals surface area contributed by atoms with Gasteiger partial charge in [0.2, 0.25) is 0 Å². The number of fused-ring (bicyclic) bond motifs is 1. The van der Waals surface area contributed by atoms with Crippen molar-refractivity contribution in [3.8, 4) is 0 Å². The molecule has 1 aliphatic rings. The van der Waals surface area contributed by atoms with E-state index < -0.39 is 0 Å². The minimum Gasteiger partial charge on any atom is -0.139 e. The molecular weight excluding hydrogens is 172 g/mol. The fourth-order valence-electron chi connectivity index (χ4n) is 1.05. The molecular formula is C9H8S2. The Labute approximate surface area is 74.6 Å². The molecule has 2 heteroatoms. The molecule has 1 aromatic rings. The number of hydrogen-bond donors (Lipinski definition) is 0. The van der Waals surface area contributed by atoms with Crippen LogP contribution in [0, 0.1) is 6.92 Å². The highest BCUT2D eigenvalue weighted by Crippen LogP contribution is 2.37. The van der Waals surface area contributed by atoms with Gasteiger partial charge in [0.05, 0.1) is 0 Å². The standard InChI is InChI=1S/C9H8S2/c1-6-3-4-8-9(10-6)5-7(2)11-8/h4-5H,1-2H3. The molecule has 0 bridgehead atoms. The second-order valence-corrected chi connectivity index (χ2v) is 5.08. The summed E-state index contributed by atoms with van der Waals surface area (Å²) in [6, 6.07) is 2.24. The summed E-state index contributed by atoms with van der Waals surface area (Å²) in [6.45, 7) is 4.24. The van der Waals surface area contributed by atoms with E-state index in [1.165, 1.54) is 19.6 Å². The molecule has 0 amide bonds. The third-order valence-corrected chi connectivity index (χ3v) is 3.63. The lowest BCUT2D eigenvalue weighted by atomic mass is 10.4. The Kier molecular flexibility index (Phi) is 1.68. The first-order valence-corrected chi connectivity index (χ1v) is 5.10. The molecule has 0 nitrogen and oxygen atoms in total. The SMILES string of the molecule is CC1=C=Cc2sc(C)cc2S1. The van der Waals surface area contributed by atoms with Crippen molar-refractivity contribution in [2.75, 3.05) is 0 Å². The van der Waals surface area contributed by atoms with Gasteiger partial charge in [0.15, 0.2) is 0 Å². The van der Waals surface area contributed by atoms with Gasteiger partial charge in [0.1, 0.15) is 0 Å². The minimum atomic E-state index is 1.26. The Morgan fingerprint density at radius 2 is 2.18 bits per heavy atom. The second-order valence-electron chi connectivity index (χ2n) is 2.53. The predicted octanol–water partition coefficient (Wildman–Crippen LogP) is 3.68. The van der Waals surface area contributed by atoms with Gasteiger partial charge in [-0.05, 0) is 26.0 Å². The van der Waals surface area contributed by atoms with Crippen LogP contribution < -0.4 is 0 Å². The summed E-state index contributed by atoms with van der Waals surface area (Å²) < 4.78 is 0. The van der Waals surface area contributed by atoms with Crippen molar-refractivity contribution in [1.82, 2.24) is 0 Å². The second kappa shape index (κ2) is 2.56. The van der Waals surface area contributed by atoms with Gasteiger partial charge in [0, 0.05) is 19.6 Å². The largest absolute Gasteiger partial charge is 0.139 e. The average molecular weight is 180 g/mol. The van der Waals surface area contributed by atoms with E-state index in [2.05, 4.69) is 31.7 Å². The van der Waals surface area contributed by atoms with Crippen LogP contribution in [0.4, 0.5) is 0 Å². The number of hydrogen-bond acceptors (Lipinski definition) is 2. The fourth-order valence-corrected chi connectivity index (χ4v) is 3.02. The topological polar surface area (TPSA) is 0 Å². The Balaban J connectivity index is 2.55. The molecule has 2 rings (SSSR count). The van der Waals surface area contributed by atoms with Crippen molar-refractivity contribution in [3.05, 3.63) is 26.5 Å². The van der Waals surface area contributed by atoms with Crippen molar-refractivity contribution in [3.63, 3.8) is 0 Å². The summed E-state index contributed by atoms with van der Waals surface area (Å²) in [5, 5.41) is 0. The minimum absolute atomic E-state index is 1.26. The van der Waals surface area contributed by atoms with Crippen LogP contribution in [0.25, 0.3) is 6.08 Å². The smallest absolute Gasteiger partial charge is 0.0490 e. The van der Waals surface area contributed by atoms with Crippen molar-refractivity contribution in [1.29, 1.82) is 0 Å². The van der Waals surface area contributed by atoms with Crippen molar-refractivity contribution >= 4 is 29.2 Å². The van der Waals surface area contributed by atoms with E-state index in [1.54, 1.807) is 0 Å². The first kappa shape index (κ1) is 7.23. The van der Waals surface area contributed by atoms with Crippen LogP contribution in [0.1, 0.15) is 16.7 Å². The van der Waals surface area contributed by atoms with Gasteiger partial charge in [-0.3, -0.25) is 0 Å². The van der Waals surface area contributed by atoms with Gasteiger partial charge >= 0.3 is 0 Å². The molecule has 2 heterocycles. The lowest BCUT2D eigenvalue weighted by Gasteiger charge is -2.00. The fraction of sp³-hybridized carbons (Fsp3) is 0.222. The highest BCUT2D eigenvalue weighted by Gasteiger charge is 2.08. The lowest BCUT2D eigenvalue weighted by molar-refractivity contribution is 1.48. The van der Waals surface area contributed by atoms with E-state index in [0.29, 0.717) is 0 Å². The molecule has 0 spiro atoms. The molecule has 1 aromatic heterocycles. The van der Waals surface area contributed by atoms with Gasteiger partial charge in [-0.1, -0.05) is 11.8 Å². The van der Waals surface area contributed by atoms with Crippen LogP contribution in [0.3, 0.4) is 0 Å². The summed E-state index contributed by atoms with van der Waals surface area (Å²) in [5.41, 5.74) is 3.22. The molecule has 56 valence electrons. The quantitative estimate of drug-likeness (QED) is 0.549.